The molecule has 0 aliphatic carbocycles. The first-order valence-electron chi connectivity index (χ1n) is 3.54. The van der Waals surface area contributed by atoms with Crippen LogP contribution in [0, 0.1) is 0 Å². The third-order valence-electron chi connectivity index (χ3n) is 1.67. The van der Waals surface area contributed by atoms with Crippen LogP contribution in [0.15, 0.2) is 24.5 Å². The second-order valence-corrected chi connectivity index (χ2v) is 3.26. The van der Waals surface area contributed by atoms with Crippen LogP contribution < -0.4 is 4.40 Å². The topological polar surface area (TPSA) is 19.9 Å². The summed E-state index contributed by atoms with van der Waals surface area (Å²) in [6.07, 6.45) is 3.76. The van der Waals surface area contributed by atoms with Gasteiger partial charge < -0.3 is 0 Å². The number of aromatic amines is 1. The molecule has 4 heteroatoms. The second kappa shape index (κ2) is 2.96. The standard InChI is InChI=1S/C8H6Cl2N2/c9-3-7-5-12-4-6(10)1-2-8(12)11-7/h1-2,4-5H,3H2/p+1. The Morgan fingerprint density at radius 2 is 2.17 bits per heavy atom. The maximum atomic E-state index is 5.80. The molecule has 1 N–H and O–H groups in total. The summed E-state index contributed by atoms with van der Waals surface area (Å²) < 4.78 is 1.92. The van der Waals surface area contributed by atoms with Crippen LogP contribution in [-0.2, 0) is 5.88 Å². The van der Waals surface area contributed by atoms with E-state index in [-0.39, 0.29) is 0 Å². The zero-order valence-electron chi connectivity index (χ0n) is 6.22. The molecule has 0 fully saturated rings. The molecular weight excluding hydrogens is 195 g/mol. The van der Waals surface area contributed by atoms with E-state index < -0.39 is 0 Å². The number of fused-ring (bicyclic) bond motifs is 1. The lowest BCUT2D eigenvalue weighted by molar-refractivity contribution is -0.510. The van der Waals surface area contributed by atoms with Crippen LogP contribution in [0.5, 0.6) is 0 Å². The first-order valence-corrected chi connectivity index (χ1v) is 4.45. The molecule has 0 aromatic carbocycles. The van der Waals surface area contributed by atoms with Crippen LogP contribution in [0.25, 0.3) is 5.65 Å². The summed E-state index contributed by atoms with van der Waals surface area (Å²) in [5, 5.41) is 0.715. The molecule has 2 nitrogen and oxygen atoms in total. The monoisotopic (exact) mass is 201 g/mol. The van der Waals surface area contributed by atoms with Crippen molar-refractivity contribution in [3.05, 3.63) is 35.2 Å². The van der Waals surface area contributed by atoms with Gasteiger partial charge >= 0.3 is 0 Å². The predicted molar refractivity (Wildman–Crippen MR) is 48.5 cm³/mol. The minimum atomic E-state index is 0.485. The van der Waals surface area contributed by atoms with Gasteiger partial charge in [-0.15, -0.1) is 11.6 Å². The molecular formula is C8H7Cl2N2+. The number of nitrogens with one attached hydrogen (secondary N) is 1. The number of imidazole rings is 1. The molecule has 2 aromatic rings. The van der Waals surface area contributed by atoms with E-state index in [1.54, 1.807) is 0 Å². The molecule has 2 aromatic heterocycles. The summed E-state index contributed by atoms with van der Waals surface area (Å²) in [4.78, 5) is 3.14. The molecule has 0 spiro atoms. The van der Waals surface area contributed by atoms with Crippen LogP contribution in [0.3, 0.4) is 0 Å². The molecule has 2 heterocycles. The van der Waals surface area contributed by atoms with E-state index in [1.807, 2.05) is 28.9 Å². The van der Waals surface area contributed by atoms with E-state index >= 15 is 0 Å². The smallest absolute Gasteiger partial charge is 0.240 e. The molecule has 62 valence electrons. The summed E-state index contributed by atoms with van der Waals surface area (Å²) in [5.41, 5.74) is 1.98. The van der Waals surface area contributed by atoms with Gasteiger partial charge in [0, 0.05) is 6.07 Å². The third-order valence-corrected chi connectivity index (χ3v) is 2.18. The van der Waals surface area contributed by atoms with Crippen LogP contribution in [-0.4, -0.2) is 4.98 Å². The molecule has 0 radical (unpaired) electrons. The van der Waals surface area contributed by atoms with Gasteiger partial charge in [0.2, 0.25) is 0 Å². The van der Waals surface area contributed by atoms with Crippen molar-refractivity contribution in [1.82, 2.24) is 4.98 Å². The molecule has 0 saturated carbocycles. The highest BCUT2D eigenvalue weighted by molar-refractivity contribution is 6.30. The van der Waals surface area contributed by atoms with Crippen molar-refractivity contribution >= 4 is 28.8 Å². The SMILES string of the molecule is ClCc1c[n+]2cc(Cl)ccc2[nH]1. The molecule has 12 heavy (non-hydrogen) atoms. The van der Waals surface area contributed by atoms with E-state index in [9.17, 15) is 0 Å². The number of pyridine rings is 1. The van der Waals surface area contributed by atoms with E-state index in [0.29, 0.717) is 10.9 Å². The number of alkyl halides is 1. The first kappa shape index (κ1) is 7.90. The molecule has 0 amide bonds. The van der Waals surface area contributed by atoms with Crippen molar-refractivity contribution in [3.63, 3.8) is 0 Å². The number of nitrogens with zero attached hydrogens (tertiary/aromatic N) is 1. The van der Waals surface area contributed by atoms with Crippen molar-refractivity contribution in [2.45, 2.75) is 5.88 Å². The Labute approximate surface area is 79.7 Å². The fourth-order valence-electron chi connectivity index (χ4n) is 1.14. The number of hydrogen-bond donors (Lipinski definition) is 1. The van der Waals surface area contributed by atoms with Gasteiger partial charge in [0.05, 0.1) is 10.9 Å². The van der Waals surface area contributed by atoms with E-state index in [4.69, 9.17) is 23.2 Å². The first-order chi connectivity index (χ1) is 5.79. The van der Waals surface area contributed by atoms with Gasteiger partial charge in [-0.05, 0) is 6.07 Å². The molecule has 0 aliphatic rings. The lowest BCUT2D eigenvalue weighted by Gasteiger charge is -1.84. The molecule has 0 unspecified atom stereocenters. The van der Waals surface area contributed by atoms with Crippen LogP contribution >= 0.6 is 23.2 Å². The van der Waals surface area contributed by atoms with E-state index in [0.717, 1.165) is 11.3 Å². The Morgan fingerprint density at radius 3 is 2.92 bits per heavy atom. The normalized spacial score (nSPS) is 10.8. The van der Waals surface area contributed by atoms with Gasteiger partial charge in [-0.1, -0.05) is 11.6 Å². The number of hydrogen-bond acceptors (Lipinski definition) is 0. The van der Waals surface area contributed by atoms with Crippen LogP contribution in [0.4, 0.5) is 0 Å². The molecule has 0 saturated heterocycles. The lowest BCUT2D eigenvalue weighted by Crippen LogP contribution is -2.16. The van der Waals surface area contributed by atoms with Crippen LogP contribution in [0.2, 0.25) is 5.02 Å². The van der Waals surface area contributed by atoms with Gasteiger partial charge in [0.25, 0.3) is 5.65 Å². The Kier molecular flexibility index (Phi) is 1.95. The Hall–Kier alpha value is -0.730. The zero-order chi connectivity index (χ0) is 8.55. The van der Waals surface area contributed by atoms with Gasteiger partial charge in [0.15, 0.2) is 5.69 Å². The average Bonchev–Trinajstić information content (AvgIpc) is 2.46. The largest absolute Gasteiger partial charge is 0.284 e. The maximum absolute atomic E-state index is 5.80. The second-order valence-electron chi connectivity index (χ2n) is 2.55. The fraction of sp³-hybridized carbons (Fsp3) is 0.125. The molecule has 2 rings (SSSR count). The van der Waals surface area contributed by atoms with Gasteiger partial charge in [-0.25, -0.2) is 9.38 Å². The lowest BCUT2D eigenvalue weighted by atomic mass is 10.5. The summed E-state index contributed by atoms with van der Waals surface area (Å²) in [5.74, 6) is 0.485. The highest BCUT2D eigenvalue weighted by atomic mass is 35.5. The zero-order valence-corrected chi connectivity index (χ0v) is 7.73. The summed E-state index contributed by atoms with van der Waals surface area (Å²) in [7, 11) is 0. The maximum Gasteiger partial charge on any atom is 0.284 e. The summed E-state index contributed by atoms with van der Waals surface area (Å²) in [6, 6.07) is 3.75. The molecule has 0 atom stereocenters. The van der Waals surface area contributed by atoms with Crippen molar-refractivity contribution < 1.29 is 4.40 Å². The van der Waals surface area contributed by atoms with E-state index in [1.165, 1.54) is 0 Å². The average molecular weight is 202 g/mol. The van der Waals surface area contributed by atoms with Crippen molar-refractivity contribution in [2.24, 2.45) is 0 Å². The third kappa shape index (κ3) is 1.28. The Balaban J connectivity index is 2.67. The number of halogens is 2. The van der Waals surface area contributed by atoms with Gasteiger partial charge in [-0.3, -0.25) is 0 Å². The molecule has 0 bridgehead atoms. The van der Waals surface area contributed by atoms with Crippen molar-refractivity contribution in [3.8, 4) is 0 Å². The highest BCUT2D eigenvalue weighted by Gasteiger charge is 2.06. The summed E-state index contributed by atoms with van der Waals surface area (Å²) in [6.45, 7) is 0. The van der Waals surface area contributed by atoms with Gasteiger partial charge in [-0.2, -0.15) is 0 Å². The number of rotatable bonds is 1. The Bertz CT molecular complexity index is 408. The van der Waals surface area contributed by atoms with Crippen molar-refractivity contribution in [2.75, 3.05) is 0 Å². The summed E-state index contributed by atoms with van der Waals surface area (Å²) >= 11 is 11.5. The quantitative estimate of drug-likeness (QED) is 0.540. The number of H-pyrrole nitrogens is 1. The van der Waals surface area contributed by atoms with Gasteiger partial charge in [0.1, 0.15) is 12.4 Å². The fourth-order valence-corrected chi connectivity index (χ4v) is 1.44. The Morgan fingerprint density at radius 1 is 1.33 bits per heavy atom. The minimum absolute atomic E-state index is 0.485. The number of aromatic nitrogens is 2. The minimum Gasteiger partial charge on any atom is -0.240 e. The van der Waals surface area contributed by atoms with Crippen molar-refractivity contribution in [1.29, 1.82) is 0 Å². The predicted octanol–water partition coefficient (Wildman–Crippen LogP) is 2.15. The molecule has 0 aliphatic heterocycles. The highest BCUT2D eigenvalue weighted by Crippen LogP contribution is 2.06. The van der Waals surface area contributed by atoms with E-state index in [2.05, 4.69) is 4.98 Å². The van der Waals surface area contributed by atoms with Crippen LogP contribution in [0.1, 0.15) is 5.69 Å².